The van der Waals surface area contributed by atoms with E-state index in [2.05, 4.69) is 22.1 Å². The molecule has 3 rings (SSSR count). The van der Waals surface area contributed by atoms with E-state index in [-0.39, 0.29) is 5.91 Å². The van der Waals surface area contributed by atoms with E-state index in [0.29, 0.717) is 12.8 Å². The molecule has 1 aliphatic rings. The molecule has 0 fully saturated rings. The minimum Gasteiger partial charge on any atom is -0.312 e. The summed E-state index contributed by atoms with van der Waals surface area (Å²) in [5, 5.41) is 0.796. The molecule has 24 heavy (non-hydrogen) atoms. The van der Waals surface area contributed by atoms with E-state index in [1.807, 2.05) is 37.1 Å². The van der Waals surface area contributed by atoms with Crippen molar-refractivity contribution in [3.8, 4) is 0 Å². The van der Waals surface area contributed by atoms with Gasteiger partial charge in [0.2, 0.25) is 5.91 Å². The van der Waals surface area contributed by atoms with Crippen molar-refractivity contribution in [2.45, 2.75) is 44.7 Å². The molecule has 0 N–H and O–H groups in total. The molecule has 4 nitrogen and oxygen atoms in total. The van der Waals surface area contributed by atoms with Gasteiger partial charge in [-0.1, -0.05) is 30.0 Å². The summed E-state index contributed by atoms with van der Waals surface area (Å²) in [5.41, 5.74) is 5.43. The quantitative estimate of drug-likeness (QED) is 0.628. The Hall–Kier alpha value is -1.88. The first-order valence-electron chi connectivity index (χ1n) is 8.36. The average Bonchev–Trinajstić information content (AvgIpc) is 2.60. The van der Waals surface area contributed by atoms with Gasteiger partial charge in [0.25, 0.3) is 0 Å². The minimum absolute atomic E-state index is 0.190. The second-order valence-corrected chi connectivity index (χ2v) is 6.91. The van der Waals surface area contributed by atoms with E-state index in [4.69, 9.17) is 0 Å². The van der Waals surface area contributed by atoms with Gasteiger partial charge in [-0.3, -0.25) is 4.79 Å². The molecular weight excluding hydrogens is 318 g/mol. The number of aromatic nitrogens is 2. The van der Waals surface area contributed by atoms with Crippen molar-refractivity contribution in [1.29, 1.82) is 0 Å². The standard InChI is InChI=1S/C19H23N3OS/c1-13-16(14(2)21-19(20-13)24-3)10-11-18(23)22-12-6-8-15-7-4-5-9-17(15)22/h4-5,7,9H,6,8,10-12H2,1-3H3. The van der Waals surface area contributed by atoms with Gasteiger partial charge >= 0.3 is 0 Å². The number of carbonyl (C=O) groups excluding carboxylic acids is 1. The number of benzene rings is 1. The maximum atomic E-state index is 12.8. The fraction of sp³-hybridized carbons (Fsp3) is 0.421. The Labute approximate surface area is 147 Å². The van der Waals surface area contributed by atoms with Gasteiger partial charge in [0.1, 0.15) is 0 Å². The van der Waals surface area contributed by atoms with Gasteiger partial charge in [0.05, 0.1) is 0 Å². The molecule has 0 spiro atoms. The first kappa shape index (κ1) is 17.0. The fourth-order valence-corrected chi connectivity index (χ4v) is 3.78. The molecule has 0 bridgehead atoms. The van der Waals surface area contributed by atoms with E-state index in [1.54, 1.807) is 11.8 Å². The number of thioether (sulfide) groups is 1. The van der Waals surface area contributed by atoms with Crippen molar-refractivity contribution in [2.24, 2.45) is 0 Å². The molecule has 0 aliphatic carbocycles. The predicted molar refractivity (Wildman–Crippen MR) is 98.7 cm³/mol. The highest BCUT2D eigenvalue weighted by molar-refractivity contribution is 7.98. The molecule has 0 atom stereocenters. The van der Waals surface area contributed by atoms with Crippen molar-refractivity contribution in [2.75, 3.05) is 17.7 Å². The van der Waals surface area contributed by atoms with Crippen LogP contribution >= 0.6 is 11.8 Å². The van der Waals surface area contributed by atoms with E-state index in [0.717, 1.165) is 47.2 Å². The lowest BCUT2D eigenvalue weighted by molar-refractivity contribution is -0.118. The molecule has 0 saturated carbocycles. The van der Waals surface area contributed by atoms with Crippen molar-refractivity contribution < 1.29 is 4.79 Å². The molecule has 1 aliphatic heterocycles. The summed E-state index contributed by atoms with van der Waals surface area (Å²) in [6.07, 6.45) is 5.27. The average molecular weight is 341 g/mol. The second-order valence-electron chi connectivity index (χ2n) is 6.14. The number of fused-ring (bicyclic) bond motifs is 1. The number of rotatable bonds is 4. The van der Waals surface area contributed by atoms with Gasteiger partial charge in [-0.2, -0.15) is 0 Å². The number of para-hydroxylation sites is 1. The van der Waals surface area contributed by atoms with Crippen LogP contribution in [0, 0.1) is 13.8 Å². The van der Waals surface area contributed by atoms with Crippen LogP contribution in [0.15, 0.2) is 29.4 Å². The minimum atomic E-state index is 0.190. The second kappa shape index (κ2) is 7.34. The molecule has 126 valence electrons. The Kier molecular flexibility index (Phi) is 5.19. The molecule has 0 radical (unpaired) electrons. The number of amides is 1. The maximum absolute atomic E-state index is 12.8. The van der Waals surface area contributed by atoms with Gasteiger partial charge < -0.3 is 4.90 Å². The van der Waals surface area contributed by atoms with Gasteiger partial charge in [-0.05, 0) is 56.6 Å². The van der Waals surface area contributed by atoms with Crippen LogP contribution in [0.4, 0.5) is 5.69 Å². The molecule has 1 aromatic carbocycles. The van der Waals surface area contributed by atoms with Crippen molar-refractivity contribution >= 4 is 23.4 Å². The number of hydrogen-bond acceptors (Lipinski definition) is 4. The van der Waals surface area contributed by atoms with Crippen molar-refractivity contribution in [3.63, 3.8) is 0 Å². The third-order valence-corrected chi connectivity index (χ3v) is 5.13. The zero-order valence-corrected chi connectivity index (χ0v) is 15.3. The molecule has 2 aromatic rings. The van der Waals surface area contributed by atoms with E-state index in [1.165, 1.54) is 5.56 Å². The third-order valence-electron chi connectivity index (χ3n) is 4.58. The molecule has 0 saturated heterocycles. The van der Waals surface area contributed by atoms with Crippen LogP contribution in [0.5, 0.6) is 0 Å². The van der Waals surface area contributed by atoms with Gasteiger partial charge in [0.15, 0.2) is 5.16 Å². The lowest BCUT2D eigenvalue weighted by Gasteiger charge is -2.29. The van der Waals surface area contributed by atoms with Crippen LogP contribution in [-0.4, -0.2) is 28.7 Å². The highest BCUT2D eigenvalue weighted by Gasteiger charge is 2.22. The zero-order valence-electron chi connectivity index (χ0n) is 14.5. The van der Waals surface area contributed by atoms with Crippen LogP contribution < -0.4 is 4.90 Å². The third kappa shape index (κ3) is 3.46. The number of hydrogen-bond donors (Lipinski definition) is 0. The highest BCUT2D eigenvalue weighted by Crippen LogP contribution is 2.27. The van der Waals surface area contributed by atoms with Crippen molar-refractivity contribution in [3.05, 3.63) is 46.8 Å². The first-order valence-corrected chi connectivity index (χ1v) is 9.59. The van der Waals surface area contributed by atoms with Crippen LogP contribution in [0.3, 0.4) is 0 Å². The number of aryl methyl sites for hydroxylation is 3. The highest BCUT2D eigenvalue weighted by atomic mass is 32.2. The zero-order chi connectivity index (χ0) is 17.1. The van der Waals surface area contributed by atoms with Crippen LogP contribution in [-0.2, 0) is 17.6 Å². The predicted octanol–water partition coefficient (Wildman–Crippen LogP) is 3.73. The van der Waals surface area contributed by atoms with E-state index in [9.17, 15) is 4.79 Å². The summed E-state index contributed by atoms with van der Waals surface area (Å²) >= 11 is 1.55. The molecular formula is C19H23N3OS. The van der Waals surface area contributed by atoms with E-state index < -0.39 is 0 Å². The Morgan fingerprint density at radius 1 is 1.21 bits per heavy atom. The van der Waals surface area contributed by atoms with Crippen LogP contribution in [0.2, 0.25) is 0 Å². The molecule has 5 heteroatoms. The lowest BCUT2D eigenvalue weighted by atomic mass is 10.0. The van der Waals surface area contributed by atoms with Gasteiger partial charge in [-0.15, -0.1) is 0 Å². The summed E-state index contributed by atoms with van der Waals surface area (Å²) in [4.78, 5) is 23.7. The summed E-state index contributed by atoms with van der Waals surface area (Å²) < 4.78 is 0. The van der Waals surface area contributed by atoms with E-state index >= 15 is 0 Å². The van der Waals surface area contributed by atoms with Gasteiger partial charge in [0, 0.05) is 30.0 Å². The van der Waals surface area contributed by atoms with Crippen LogP contribution in [0.1, 0.15) is 35.4 Å². The summed E-state index contributed by atoms with van der Waals surface area (Å²) in [5.74, 6) is 0.190. The largest absolute Gasteiger partial charge is 0.312 e. The molecule has 1 amide bonds. The fourth-order valence-electron chi connectivity index (χ4n) is 3.32. The normalized spacial score (nSPS) is 13.7. The topological polar surface area (TPSA) is 46.1 Å². The molecule has 2 heterocycles. The Morgan fingerprint density at radius 2 is 1.92 bits per heavy atom. The Balaban J connectivity index is 1.73. The summed E-state index contributed by atoms with van der Waals surface area (Å²) in [7, 11) is 0. The SMILES string of the molecule is CSc1nc(C)c(CCC(=O)N2CCCc3ccccc32)c(C)n1. The van der Waals surface area contributed by atoms with Crippen molar-refractivity contribution in [1.82, 2.24) is 9.97 Å². The monoisotopic (exact) mass is 341 g/mol. The molecule has 1 aromatic heterocycles. The summed E-state index contributed by atoms with van der Waals surface area (Å²) in [6.45, 7) is 4.82. The lowest BCUT2D eigenvalue weighted by Crippen LogP contribution is -2.35. The Morgan fingerprint density at radius 3 is 2.62 bits per heavy atom. The maximum Gasteiger partial charge on any atom is 0.227 e. The molecule has 0 unspecified atom stereocenters. The van der Waals surface area contributed by atoms with Crippen LogP contribution in [0.25, 0.3) is 0 Å². The number of nitrogens with zero attached hydrogens (tertiary/aromatic N) is 3. The summed E-state index contributed by atoms with van der Waals surface area (Å²) in [6, 6.07) is 8.23. The smallest absolute Gasteiger partial charge is 0.227 e. The number of anilines is 1. The number of carbonyl (C=O) groups is 1. The van der Waals surface area contributed by atoms with Gasteiger partial charge in [-0.25, -0.2) is 9.97 Å². The first-order chi connectivity index (χ1) is 11.6. The Bertz CT molecular complexity index is 737.